The average Bonchev–Trinajstić information content (AvgIpc) is 3.18. The molecule has 2 aliphatic heterocycles. The Morgan fingerprint density at radius 2 is 2.45 bits per heavy atom. The largest absolute Gasteiger partial charge is 0.334 e. The van der Waals surface area contributed by atoms with Gasteiger partial charge in [0.15, 0.2) is 5.82 Å². The van der Waals surface area contributed by atoms with Crippen LogP contribution in [0, 0.1) is 5.92 Å². The molecule has 5 nitrogen and oxygen atoms in total. The molecule has 0 bridgehead atoms. The number of nitrogens with one attached hydrogen (secondary N) is 1. The average molecular weight is 290 g/mol. The molecule has 106 valence electrons. The van der Waals surface area contributed by atoms with Crippen LogP contribution >= 0.6 is 11.3 Å². The Morgan fingerprint density at radius 1 is 1.45 bits per heavy atom. The Bertz CT molecular complexity index is 554. The molecule has 0 saturated carbocycles. The number of rotatable bonds is 3. The Labute approximate surface area is 122 Å². The molecule has 0 amide bonds. The van der Waals surface area contributed by atoms with Crippen LogP contribution in [0.5, 0.6) is 0 Å². The van der Waals surface area contributed by atoms with Crippen molar-refractivity contribution in [2.75, 3.05) is 19.6 Å². The van der Waals surface area contributed by atoms with Gasteiger partial charge >= 0.3 is 0 Å². The van der Waals surface area contributed by atoms with Crippen molar-refractivity contribution in [2.24, 2.45) is 5.92 Å². The van der Waals surface area contributed by atoms with Gasteiger partial charge in [0, 0.05) is 24.5 Å². The second-order valence-electron chi connectivity index (χ2n) is 5.68. The van der Waals surface area contributed by atoms with Gasteiger partial charge in [0.25, 0.3) is 5.89 Å². The minimum absolute atomic E-state index is 0.635. The predicted molar refractivity (Wildman–Crippen MR) is 77.4 cm³/mol. The van der Waals surface area contributed by atoms with Gasteiger partial charge in [-0.25, -0.2) is 0 Å². The van der Waals surface area contributed by atoms with Gasteiger partial charge in [-0.05, 0) is 36.8 Å². The van der Waals surface area contributed by atoms with E-state index < -0.39 is 0 Å². The van der Waals surface area contributed by atoms with Crippen LogP contribution in [0.4, 0.5) is 0 Å². The molecule has 4 rings (SSSR count). The fraction of sp³-hybridized carbons (Fsp3) is 0.571. The molecule has 2 atom stereocenters. The highest BCUT2D eigenvalue weighted by atomic mass is 32.1. The highest BCUT2D eigenvalue weighted by Crippen LogP contribution is 2.26. The van der Waals surface area contributed by atoms with E-state index >= 15 is 0 Å². The standard InChI is InChI=1S/C14H18N4OS/c1-2-10-6-18(7-12(10)15-4-1)8-13-16-14(19-17-13)11-3-5-20-9-11/h3,5,9-10,12,15H,1-2,4,6-8H2/t10-,12+/m0/s1. The molecule has 2 aromatic heterocycles. The van der Waals surface area contributed by atoms with E-state index in [1.165, 1.54) is 19.4 Å². The summed E-state index contributed by atoms with van der Waals surface area (Å²) in [6.07, 6.45) is 2.65. The number of nitrogens with zero attached hydrogens (tertiary/aromatic N) is 3. The third kappa shape index (κ3) is 2.39. The molecule has 2 aromatic rings. The molecule has 0 radical (unpaired) electrons. The van der Waals surface area contributed by atoms with Gasteiger partial charge in [0.05, 0.1) is 12.1 Å². The third-order valence-corrected chi connectivity index (χ3v) is 4.96. The molecule has 4 heterocycles. The van der Waals surface area contributed by atoms with Crippen molar-refractivity contribution in [1.29, 1.82) is 0 Å². The van der Waals surface area contributed by atoms with Crippen LogP contribution < -0.4 is 5.32 Å². The van der Waals surface area contributed by atoms with E-state index in [0.29, 0.717) is 11.9 Å². The minimum atomic E-state index is 0.635. The zero-order valence-corrected chi connectivity index (χ0v) is 12.1. The zero-order valence-electron chi connectivity index (χ0n) is 11.3. The maximum absolute atomic E-state index is 5.34. The lowest BCUT2D eigenvalue weighted by molar-refractivity contribution is 0.298. The number of aromatic nitrogens is 2. The lowest BCUT2D eigenvalue weighted by Gasteiger charge is -2.24. The molecular weight excluding hydrogens is 272 g/mol. The molecule has 2 fully saturated rings. The summed E-state index contributed by atoms with van der Waals surface area (Å²) in [5.41, 5.74) is 1.02. The van der Waals surface area contributed by atoms with Gasteiger partial charge in [-0.2, -0.15) is 16.3 Å². The second-order valence-corrected chi connectivity index (χ2v) is 6.46. The number of fused-ring (bicyclic) bond motifs is 1. The van der Waals surface area contributed by atoms with Crippen molar-refractivity contribution in [2.45, 2.75) is 25.4 Å². The normalized spacial score (nSPS) is 26.8. The monoisotopic (exact) mass is 290 g/mol. The summed E-state index contributed by atoms with van der Waals surface area (Å²) in [7, 11) is 0. The Balaban J connectivity index is 1.42. The Morgan fingerprint density at radius 3 is 3.30 bits per heavy atom. The van der Waals surface area contributed by atoms with Gasteiger partial charge in [-0.3, -0.25) is 4.90 Å². The summed E-state index contributed by atoms with van der Waals surface area (Å²) < 4.78 is 5.34. The molecule has 2 aliphatic rings. The molecular formula is C14H18N4OS. The van der Waals surface area contributed by atoms with Crippen LogP contribution in [-0.4, -0.2) is 40.7 Å². The number of likely N-dealkylation sites (tertiary alicyclic amines) is 1. The van der Waals surface area contributed by atoms with Crippen LogP contribution in [0.25, 0.3) is 11.5 Å². The topological polar surface area (TPSA) is 54.2 Å². The SMILES string of the molecule is c1cc(-c2nc(CN3C[C@@H]4CCCN[C@@H]4C3)no2)cs1. The maximum Gasteiger partial charge on any atom is 0.258 e. The first-order valence-electron chi connectivity index (χ1n) is 7.19. The van der Waals surface area contributed by atoms with E-state index in [1.807, 2.05) is 16.8 Å². The van der Waals surface area contributed by atoms with E-state index in [0.717, 1.165) is 36.9 Å². The Kier molecular flexibility index (Phi) is 3.29. The van der Waals surface area contributed by atoms with Crippen molar-refractivity contribution in [3.63, 3.8) is 0 Å². The maximum atomic E-state index is 5.34. The van der Waals surface area contributed by atoms with Crippen molar-refractivity contribution in [1.82, 2.24) is 20.4 Å². The smallest absolute Gasteiger partial charge is 0.258 e. The first-order chi connectivity index (χ1) is 9.88. The van der Waals surface area contributed by atoms with E-state index in [2.05, 4.69) is 20.4 Å². The molecule has 6 heteroatoms. The van der Waals surface area contributed by atoms with Crippen molar-refractivity contribution < 1.29 is 4.52 Å². The van der Waals surface area contributed by atoms with Crippen LogP contribution in [0.1, 0.15) is 18.7 Å². The van der Waals surface area contributed by atoms with Gasteiger partial charge < -0.3 is 9.84 Å². The van der Waals surface area contributed by atoms with Crippen LogP contribution in [0.3, 0.4) is 0 Å². The summed E-state index contributed by atoms with van der Waals surface area (Å²) in [6, 6.07) is 2.67. The summed E-state index contributed by atoms with van der Waals surface area (Å²) in [4.78, 5) is 6.94. The van der Waals surface area contributed by atoms with E-state index in [4.69, 9.17) is 4.52 Å². The van der Waals surface area contributed by atoms with Gasteiger partial charge in [-0.15, -0.1) is 0 Å². The lowest BCUT2D eigenvalue weighted by atomic mass is 9.94. The third-order valence-electron chi connectivity index (χ3n) is 4.28. The van der Waals surface area contributed by atoms with E-state index in [9.17, 15) is 0 Å². The number of piperidine rings is 1. The van der Waals surface area contributed by atoms with Crippen molar-refractivity contribution in [3.8, 4) is 11.5 Å². The molecule has 0 spiro atoms. The zero-order chi connectivity index (χ0) is 13.4. The van der Waals surface area contributed by atoms with E-state index in [1.54, 1.807) is 11.3 Å². The Hall–Kier alpha value is -1.24. The summed E-state index contributed by atoms with van der Waals surface area (Å²) in [6.45, 7) is 4.22. The molecule has 0 aliphatic carbocycles. The first-order valence-corrected chi connectivity index (χ1v) is 8.13. The van der Waals surface area contributed by atoms with Crippen LogP contribution in [0.2, 0.25) is 0 Å². The van der Waals surface area contributed by atoms with Gasteiger partial charge in [-0.1, -0.05) is 5.16 Å². The minimum Gasteiger partial charge on any atom is -0.334 e. The predicted octanol–water partition coefficient (Wildman–Crippen LogP) is 1.98. The molecule has 2 saturated heterocycles. The van der Waals surface area contributed by atoms with Crippen LogP contribution in [0.15, 0.2) is 21.3 Å². The second kappa shape index (κ2) is 5.27. The van der Waals surface area contributed by atoms with Gasteiger partial charge in [0.2, 0.25) is 0 Å². The van der Waals surface area contributed by atoms with Crippen LogP contribution in [-0.2, 0) is 6.54 Å². The molecule has 0 unspecified atom stereocenters. The quantitative estimate of drug-likeness (QED) is 0.937. The summed E-state index contributed by atoms with van der Waals surface area (Å²) in [5.74, 6) is 2.23. The molecule has 0 aromatic carbocycles. The summed E-state index contributed by atoms with van der Waals surface area (Å²) in [5, 5.41) is 11.8. The number of hydrogen-bond acceptors (Lipinski definition) is 6. The first kappa shape index (κ1) is 12.5. The van der Waals surface area contributed by atoms with Crippen molar-refractivity contribution >= 4 is 11.3 Å². The number of thiophene rings is 1. The van der Waals surface area contributed by atoms with Gasteiger partial charge in [0.1, 0.15) is 0 Å². The van der Waals surface area contributed by atoms with Crippen molar-refractivity contribution in [3.05, 3.63) is 22.7 Å². The lowest BCUT2D eigenvalue weighted by Crippen LogP contribution is -2.40. The fourth-order valence-corrected chi connectivity index (χ4v) is 3.92. The molecule has 1 N–H and O–H groups in total. The highest BCUT2D eigenvalue weighted by Gasteiger charge is 2.34. The summed E-state index contributed by atoms with van der Waals surface area (Å²) >= 11 is 1.64. The fourth-order valence-electron chi connectivity index (χ4n) is 3.29. The number of hydrogen-bond donors (Lipinski definition) is 1. The molecule has 20 heavy (non-hydrogen) atoms. The van der Waals surface area contributed by atoms with E-state index in [-0.39, 0.29) is 0 Å². The highest BCUT2D eigenvalue weighted by molar-refractivity contribution is 7.08.